The molecule has 11 heavy (non-hydrogen) atoms. The summed E-state index contributed by atoms with van der Waals surface area (Å²) in [5.41, 5.74) is 2.17. The molecule has 0 saturated heterocycles. The predicted octanol–water partition coefficient (Wildman–Crippen LogP) is -1.80. The minimum Gasteiger partial charge on any atom is -0.316 e. The lowest BCUT2D eigenvalue weighted by atomic mass is 10.1. The van der Waals surface area contributed by atoms with Gasteiger partial charge in [0.2, 0.25) is 5.91 Å². The molecule has 1 unspecified atom stereocenters. The lowest BCUT2D eigenvalue weighted by molar-refractivity contribution is -0.130. The van der Waals surface area contributed by atoms with Gasteiger partial charge in [-0.05, 0) is 0 Å². The van der Waals surface area contributed by atoms with E-state index in [1.165, 1.54) is 6.34 Å². The highest BCUT2D eigenvalue weighted by molar-refractivity contribution is 6.26. The van der Waals surface area contributed by atoms with Crippen molar-refractivity contribution in [2.24, 2.45) is 16.0 Å². The van der Waals surface area contributed by atoms with Gasteiger partial charge in [0.25, 0.3) is 5.91 Å². The third kappa shape index (κ3) is 0.721. The van der Waals surface area contributed by atoms with Crippen molar-refractivity contribution in [1.82, 2.24) is 10.7 Å². The number of amidine groups is 1. The average molecular weight is 152 g/mol. The molecule has 0 aromatic rings. The van der Waals surface area contributed by atoms with E-state index in [1.807, 2.05) is 0 Å². The molecule has 0 aliphatic carbocycles. The number of hydrazone groups is 1. The summed E-state index contributed by atoms with van der Waals surface area (Å²) in [6.45, 7) is 0. The molecule has 2 aliphatic heterocycles. The first kappa shape index (κ1) is 6.02. The molecule has 56 valence electrons. The Balaban J connectivity index is 2.41. The number of rotatable bonds is 0. The van der Waals surface area contributed by atoms with Gasteiger partial charge in [-0.1, -0.05) is 0 Å². The van der Waals surface area contributed by atoms with Crippen molar-refractivity contribution in [3.05, 3.63) is 0 Å². The molecular weight excluding hydrogens is 148 g/mol. The highest BCUT2D eigenvalue weighted by Gasteiger charge is 2.37. The predicted molar refractivity (Wildman–Crippen MR) is 35.7 cm³/mol. The van der Waals surface area contributed by atoms with Crippen LogP contribution in [0.5, 0.6) is 0 Å². The molecule has 2 aliphatic rings. The quantitative estimate of drug-likeness (QED) is 0.401. The Bertz CT molecular complexity index is 293. The van der Waals surface area contributed by atoms with E-state index < -0.39 is 11.8 Å². The number of hydrogen-bond acceptors (Lipinski definition) is 4. The number of carbonyl (C=O) groups is 2. The van der Waals surface area contributed by atoms with Crippen LogP contribution in [-0.2, 0) is 9.59 Å². The Morgan fingerprint density at radius 1 is 1.36 bits per heavy atom. The zero-order valence-electron chi connectivity index (χ0n) is 5.37. The highest BCUT2D eigenvalue weighted by Crippen LogP contribution is 2.09. The van der Waals surface area contributed by atoms with Gasteiger partial charge in [-0.25, -0.2) is 10.4 Å². The van der Waals surface area contributed by atoms with Crippen molar-refractivity contribution in [1.29, 1.82) is 0 Å². The molecule has 1 atom stereocenters. The van der Waals surface area contributed by atoms with Crippen LogP contribution >= 0.6 is 0 Å². The molecule has 0 bridgehead atoms. The molecule has 0 radical (unpaired) electrons. The van der Waals surface area contributed by atoms with Crippen molar-refractivity contribution < 1.29 is 9.59 Å². The smallest absolute Gasteiger partial charge is 0.260 e. The summed E-state index contributed by atoms with van der Waals surface area (Å²) < 4.78 is 0. The zero-order valence-corrected chi connectivity index (χ0v) is 5.37. The Hall–Kier alpha value is -1.72. The fourth-order valence-electron chi connectivity index (χ4n) is 0.944. The van der Waals surface area contributed by atoms with Crippen LogP contribution < -0.4 is 10.7 Å². The van der Waals surface area contributed by atoms with E-state index in [2.05, 4.69) is 20.8 Å². The third-order valence-corrected chi connectivity index (χ3v) is 1.47. The molecule has 6 heteroatoms. The summed E-state index contributed by atoms with van der Waals surface area (Å²) in [6.07, 6.45) is 1.22. The Morgan fingerprint density at radius 3 is 2.91 bits per heavy atom. The van der Waals surface area contributed by atoms with E-state index in [9.17, 15) is 9.59 Å². The molecule has 2 rings (SSSR count). The van der Waals surface area contributed by atoms with Crippen molar-refractivity contribution in [2.75, 3.05) is 0 Å². The second-order valence-corrected chi connectivity index (χ2v) is 2.15. The van der Waals surface area contributed by atoms with Crippen molar-refractivity contribution in [2.45, 2.75) is 0 Å². The molecule has 2 heterocycles. The first-order valence-electron chi connectivity index (χ1n) is 2.99. The summed E-state index contributed by atoms with van der Waals surface area (Å²) in [6, 6.07) is 0. The molecule has 0 aromatic heterocycles. The number of fused-ring (bicyclic) bond motifs is 1. The lowest BCUT2D eigenvalue weighted by Crippen LogP contribution is -2.41. The number of nitrogens with one attached hydrogen (secondary N) is 2. The van der Waals surface area contributed by atoms with Gasteiger partial charge in [0.15, 0.2) is 11.8 Å². The van der Waals surface area contributed by atoms with Gasteiger partial charge < -0.3 is 5.32 Å². The van der Waals surface area contributed by atoms with Crippen LogP contribution in [-0.4, -0.2) is 24.0 Å². The van der Waals surface area contributed by atoms with Gasteiger partial charge in [-0.3, -0.25) is 9.59 Å². The van der Waals surface area contributed by atoms with Gasteiger partial charge in [-0.2, -0.15) is 5.10 Å². The van der Waals surface area contributed by atoms with Gasteiger partial charge in [0, 0.05) is 0 Å². The molecule has 0 spiro atoms. The van der Waals surface area contributed by atoms with Crippen LogP contribution in [0, 0.1) is 5.92 Å². The Kier molecular flexibility index (Phi) is 1.03. The van der Waals surface area contributed by atoms with E-state index >= 15 is 0 Å². The number of amides is 2. The summed E-state index contributed by atoms with van der Waals surface area (Å²) in [7, 11) is 0. The number of nitrogens with zero attached hydrogens (tertiary/aromatic N) is 2. The average Bonchev–Trinajstić information content (AvgIpc) is 2.34. The van der Waals surface area contributed by atoms with E-state index in [1.54, 1.807) is 0 Å². The molecule has 0 fully saturated rings. The maximum atomic E-state index is 10.9. The van der Waals surface area contributed by atoms with Crippen LogP contribution in [0.4, 0.5) is 0 Å². The minimum absolute atomic E-state index is 0.235. The maximum absolute atomic E-state index is 10.9. The number of aliphatic imine (C=N–C) groups is 1. The van der Waals surface area contributed by atoms with Crippen molar-refractivity contribution >= 4 is 24.0 Å². The molecule has 0 aromatic carbocycles. The van der Waals surface area contributed by atoms with Crippen LogP contribution in [0.1, 0.15) is 0 Å². The molecule has 0 saturated carbocycles. The summed E-state index contributed by atoms with van der Waals surface area (Å²) >= 11 is 0. The monoisotopic (exact) mass is 152 g/mol. The van der Waals surface area contributed by atoms with Crippen molar-refractivity contribution in [3.63, 3.8) is 0 Å². The van der Waals surface area contributed by atoms with E-state index in [4.69, 9.17) is 0 Å². The lowest BCUT2D eigenvalue weighted by Gasteiger charge is -2.09. The minimum atomic E-state index is -0.847. The fraction of sp³-hybridized carbons (Fsp3) is 0.200. The molecule has 6 nitrogen and oxygen atoms in total. The first-order valence-corrected chi connectivity index (χ1v) is 2.99. The second-order valence-electron chi connectivity index (χ2n) is 2.15. The SMILES string of the molecule is O=C1NC=NC2=NNC(=O)C12. The Labute approximate surface area is 61.4 Å². The Morgan fingerprint density at radius 2 is 2.18 bits per heavy atom. The summed E-state index contributed by atoms with van der Waals surface area (Å²) in [5, 5.41) is 5.86. The molecule has 2 amide bonds. The maximum Gasteiger partial charge on any atom is 0.260 e. The van der Waals surface area contributed by atoms with Crippen molar-refractivity contribution in [3.8, 4) is 0 Å². The second kappa shape index (κ2) is 1.88. The largest absolute Gasteiger partial charge is 0.316 e. The normalized spacial score (nSPS) is 27.3. The van der Waals surface area contributed by atoms with Crippen LogP contribution in [0.15, 0.2) is 10.1 Å². The van der Waals surface area contributed by atoms with Crippen LogP contribution in [0.25, 0.3) is 0 Å². The van der Waals surface area contributed by atoms with E-state index in [0.29, 0.717) is 0 Å². The van der Waals surface area contributed by atoms with E-state index in [-0.39, 0.29) is 11.7 Å². The van der Waals surface area contributed by atoms with Gasteiger partial charge in [-0.15, -0.1) is 0 Å². The van der Waals surface area contributed by atoms with Crippen LogP contribution in [0.2, 0.25) is 0 Å². The highest BCUT2D eigenvalue weighted by atomic mass is 16.2. The van der Waals surface area contributed by atoms with Gasteiger partial charge in [0.05, 0.1) is 6.34 Å². The molecule has 2 N–H and O–H groups in total. The van der Waals surface area contributed by atoms with Gasteiger partial charge in [0.1, 0.15) is 0 Å². The first-order chi connectivity index (χ1) is 5.29. The fourth-order valence-corrected chi connectivity index (χ4v) is 0.944. The zero-order chi connectivity index (χ0) is 7.84. The molecular formula is C5H4N4O2. The third-order valence-electron chi connectivity index (χ3n) is 1.47. The summed E-state index contributed by atoms with van der Waals surface area (Å²) in [5.74, 6) is -1.41. The number of hydrogen-bond donors (Lipinski definition) is 2. The van der Waals surface area contributed by atoms with Gasteiger partial charge >= 0.3 is 0 Å². The number of carbonyl (C=O) groups excluding carboxylic acids is 2. The standard InChI is InChI=1S/C5H4N4O2/c10-4-2-3(6-1-7-4)8-9-5(2)11/h1-2H,(H,9,11)(H,6,7,8,10). The summed E-state index contributed by atoms with van der Waals surface area (Å²) in [4.78, 5) is 25.5. The van der Waals surface area contributed by atoms with Crippen LogP contribution in [0.3, 0.4) is 0 Å². The topological polar surface area (TPSA) is 82.9 Å². The van der Waals surface area contributed by atoms with E-state index in [0.717, 1.165) is 0 Å².